The van der Waals surface area contributed by atoms with Crippen LogP contribution in [0.15, 0.2) is 79.5 Å². The maximum Gasteiger partial charge on any atom is 0.266 e. The molecule has 3 aromatic rings. The lowest BCUT2D eigenvalue weighted by atomic mass is 10.1. The zero-order valence-electron chi connectivity index (χ0n) is 21.8. The molecule has 0 spiro atoms. The van der Waals surface area contributed by atoms with Crippen LogP contribution >= 0.6 is 43.6 Å². The van der Waals surface area contributed by atoms with Gasteiger partial charge in [-0.2, -0.15) is 0 Å². The van der Waals surface area contributed by atoms with Crippen molar-refractivity contribution in [1.29, 1.82) is 0 Å². The highest BCUT2D eigenvalue weighted by atomic mass is 79.9. The second kappa shape index (κ2) is 13.0. The number of aliphatic imine (C=N–C) groups is 1. The number of thioether (sulfide) groups is 1. The summed E-state index contributed by atoms with van der Waals surface area (Å²) >= 11 is 8.51. The molecular formula is C30H30Br2N2O3S. The van der Waals surface area contributed by atoms with Crippen molar-refractivity contribution in [2.45, 2.75) is 34.3 Å². The molecule has 0 N–H and O–H groups in total. The first-order valence-electron chi connectivity index (χ1n) is 12.4. The number of hydrogen-bond donors (Lipinski definition) is 0. The van der Waals surface area contributed by atoms with Crippen molar-refractivity contribution in [3.63, 3.8) is 0 Å². The molecule has 3 aromatic carbocycles. The number of halogens is 2. The first-order chi connectivity index (χ1) is 18.2. The van der Waals surface area contributed by atoms with Crippen molar-refractivity contribution in [1.82, 2.24) is 4.90 Å². The monoisotopic (exact) mass is 656 g/mol. The molecule has 0 atom stereocenters. The molecule has 1 heterocycles. The van der Waals surface area contributed by atoms with E-state index >= 15 is 0 Å². The second-order valence-electron chi connectivity index (χ2n) is 9.33. The first-order valence-corrected chi connectivity index (χ1v) is 14.8. The number of aryl methyl sites for hydroxylation is 1. The number of carbonyl (C=O) groups is 1. The Morgan fingerprint density at radius 1 is 1.03 bits per heavy atom. The van der Waals surface area contributed by atoms with Gasteiger partial charge < -0.3 is 9.47 Å². The average molecular weight is 658 g/mol. The molecule has 0 aromatic heterocycles. The van der Waals surface area contributed by atoms with Gasteiger partial charge in [0.2, 0.25) is 0 Å². The van der Waals surface area contributed by atoms with E-state index in [0.717, 1.165) is 25.8 Å². The molecule has 198 valence electrons. The Kier molecular flexibility index (Phi) is 9.74. The minimum absolute atomic E-state index is 0.0424. The molecule has 0 aliphatic carbocycles. The highest BCUT2D eigenvalue weighted by molar-refractivity contribution is 9.10. The van der Waals surface area contributed by atoms with Gasteiger partial charge in [0, 0.05) is 11.0 Å². The summed E-state index contributed by atoms with van der Waals surface area (Å²) in [5.74, 6) is 1.52. The summed E-state index contributed by atoms with van der Waals surface area (Å²) in [5.41, 5.74) is 3.89. The van der Waals surface area contributed by atoms with Crippen molar-refractivity contribution < 1.29 is 14.3 Å². The molecule has 1 fully saturated rings. The van der Waals surface area contributed by atoms with Crippen molar-refractivity contribution in [3.8, 4) is 11.5 Å². The molecule has 0 radical (unpaired) electrons. The molecule has 1 amide bonds. The Labute approximate surface area is 245 Å². The quantitative estimate of drug-likeness (QED) is 0.216. The molecule has 5 nitrogen and oxygen atoms in total. The van der Waals surface area contributed by atoms with Crippen LogP contribution in [0.3, 0.4) is 0 Å². The molecule has 0 bridgehead atoms. The zero-order chi connectivity index (χ0) is 27.2. The summed E-state index contributed by atoms with van der Waals surface area (Å²) < 4.78 is 13.8. The van der Waals surface area contributed by atoms with Crippen molar-refractivity contribution in [3.05, 3.63) is 91.2 Å². The van der Waals surface area contributed by atoms with Crippen molar-refractivity contribution in [2.24, 2.45) is 10.9 Å². The summed E-state index contributed by atoms with van der Waals surface area (Å²) in [6.45, 7) is 9.68. The van der Waals surface area contributed by atoms with Gasteiger partial charge in [-0.05, 0) is 101 Å². The zero-order valence-corrected chi connectivity index (χ0v) is 25.8. The molecule has 1 aliphatic rings. The maximum atomic E-state index is 13.4. The number of carbonyl (C=O) groups excluding carboxylic acids is 1. The molecule has 0 unspecified atom stereocenters. The standard InChI is InChI=1S/C30H30Br2N2O3S/c1-5-36-26-15-22(14-25(32)28(26)37-18-21-8-10-23(31)11-9-21)16-27-29(35)34(17-19(2)3)30(38-27)33-24-12-6-20(4)7-13-24/h6-16,19H,5,17-18H2,1-4H3/b27-16+,33-30?. The van der Waals surface area contributed by atoms with Gasteiger partial charge in [0.25, 0.3) is 5.91 Å². The lowest BCUT2D eigenvalue weighted by Gasteiger charge is -2.17. The fraction of sp³-hybridized carbons (Fsp3) is 0.267. The van der Waals surface area contributed by atoms with Crippen LogP contribution in [0, 0.1) is 12.8 Å². The van der Waals surface area contributed by atoms with Crippen LogP contribution in [0.4, 0.5) is 5.69 Å². The number of amides is 1. The number of hydrogen-bond acceptors (Lipinski definition) is 5. The first kappa shape index (κ1) is 28.5. The lowest BCUT2D eigenvalue weighted by Crippen LogP contribution is -2.32. The Hall–Kier alpha value is -2.55. The van der Waals surface area contributed by atoms with Crippen molar-refractivity contribution in [2.75, 3.05) is 13.2 Å². The number of rotatable bonds is 9. The molecule has 38 heavy (non-hydrogen) atoms. The third-order valence-electron chi connectivity index (χ3n) is 5.62. The summed E-state index contributed by atoms with van der Waals surface area (Å²) in [4.78, 5) is 20.6. The number of nitrogens with zero attached hydrogens (tertiary/aromatic N) is 2. The van der Waals surface area contributed by atoms with Gasteiger partial charge in [-0.1, -0.05) is 59.6 Å². The van der Waals surface area contributed by atoms with E-state index in [4.69, 9.17) is 14.5 Å². The largest absolute Gasteiger partial charge is 0.490 e. The Bertz CT molecular complexity index is 1350. The van der Waals surface area contributed by atoms with Gasteiger partial charge in [-0.3, -0.25) is 9.69 Å². The van der Waals surface area contributed by atoms with E-state index in [1.165, 1.54) is 17.3 Å². The molecule has 4 rings (SSSR count). The number of ether oxygens (including phenoxy) is 2. The molecule has 8 heteroatoms. The Balaban J connectivity index is 1.62. The van der Waals surface area contributed by atoms with E-state index in [-0.39, 0.29) is 5.91 Å². The summed E-state index contributed by atoms with van der Waals surface area (Å²) in [6.07, 6.45) is 1.89. The van der Waals surface area contributed by atoms with Crippen LogP contribution in [-0.2, 0) is 11.4 Å². The number of benzene rings is 3. The average Bonchev–Trinajstić information content (AvgIpc) is 3.14. The van der Waals surface area contributed by atoms with Gasteiger partial charge in [-0.25, -0.2) is 4.99 Å². The van der Waals surface area contributed by atoms with Crippen LogP contribution in [-0.4, -0.2) is 29.1 Å². The van der Waals surface area contributed by atoms with Gasteiger partial charge >= 0.3 is 0 Å². The highest BCUT2D eigenvalue weighted by Crippen LogP contribution is 2.40. The molecular weight excluding hydrogens is 628 g/mol. The third-order valence-corrected chi connectivity index (χ3v) is 7.74. The van der Waals surface area contributed by atoms with Crippen LogP contribution in [0.1, 0.15) is 37.5 Å². The lowest BCUT2D eigenvalue weighted by molar-refractivity contribution is -0.122. The second-order valence-corrected chi connectivity index (χ2v) is 12.1. The highest BCUT2D eigenvalue weighted by Gasteiger charge is 2.34. The fourth-order valence-electron chi connectivity index (χ4n) is 3.81. The summed E-state index contributed by atoms with van der Waals surface area (Å²) in [7, 11) is 0. The van der Waals surface area contributed by atoms with Gasteiger partial charge in [0.05, 0.1) is 21.7 Å². The molecule has 0 saturated carbocycles. The van der Waals surface area contributed by atoms with E-state index < -0.39 is 0 Å². The summed E-state index contributed by atoms with van der Waals surface area (Å²) in [6, 6.07) is 19.9. The van der Waals surface area contributed by atoms with Crippen LogP contribution in [0.5, 0.6) is 11.5 Å². The Morgan fingerprint density at radius 3 is 2.39 bits per heavy atom. The van der Waals surface area contributed by atoms with E-state index in [9.17, 15) is 4.79 Å². The predicted molar refractivity (Wildman–Crippen MR) is 164 cm³/mol. The molecule has 1 aliphatic heterocycles. The van der Waals surface area contributed by atoms with Gasteiger partial charge in [0.1, 0.15) is 6.61 Å². The SMILES string of the molecule is CCOc1cc(/C=C2/SC(=Nc3ccc(C)cc3)N(CC(C)C)C2=O)cc(Br)c1OCc1ccc(Br)cc1. The van der Waals surface area contributed by atoms with E-state index in [1.54, 1.807) is 4.90 Å². The van der Waals surface area contributed by atoms with E-state index in [2.05, 4.69) is 45.7 Å². The van der Waals surface area contributed by atoms with Gasteiger partial charge in [0.15, 0.2) is 16.7 Å². The van der Waals surface area contributed by atoms with E-state index in [0.29, 0.717) is 47.2 Å². The third kappa shape index (κ3) is 7.30. The minimum atomic E-state index is -0.0424. The van der Waals surface area contributed by atoms with Crippen LogP contribution in [0.25, 0.3) is 6.08 Å². The molecule has 1 saturated heterocycles. The van der Waals surface area contributed by atoms with Crippen LogP contribution in [0.2, 0.25) is 0 Å². The topological polar surface area (TPSA) is 51.1 Å². The maximum absolute atomic E-state index is 13.4. The summed E-state index contributed by atoms with van der Waals surface area (Å²) in [5, 5.41) is 0.692. The minimum Gasteiger partial charge on any atom is -0.490 e. The van der Waals surface area contributed by atoms with E-state index in [1.807, 2.05) is 80.6 Å². The van der Waals surface area contributed by atoms with Gasteiger partial charge in [-0.15, -0.1) is 0 Å². The number of amidine groups is 1. The Morgan fingerprint density at radius 2 is 1.74 bits per heavy atom. The normalized spacial score (nSPS) is 15.7. The van der Waals surface area contributed by atoms with Crippen LogP contribution < -0.4 is 9.47 Å². The smallest absolute Gasteiger partial charge is 0.266 e. The fourth-order valence-corrected chi connectivity index (χ4v) is 5.66. The predicted octanol–water partition coefficient (Wildman–Crippen LogP) is 8.76. The van der Waals surface area contributed by atoms with Crippen molar-refractivity contribution >= 4 is 66.5 Å².